The van der Waals surface area contributed by atoms with Crippen molar-refractivity contribution in [1.82, 2.24) is 0 Å². The maximum absolute atomic E-state index is 13.4. The summed E-state index contributed by atoms with van der Waals surface area (Å²) in [7, 11) is 0. The van der Waals surface area contributed by atoms with Gasteiger partial charge in [-0.25, -0.2) is 0 Å². The summed E-state index contributed by atoms with van der Waals surface area (Å²) >= 11 is 0. The largest absolute Gasteiger partial charge is 0.461 e. The Bertz CT molecular complexity index is 700. The fourth-order valence-corrected chi connectivity index (χ4v) is 8.12. The van der Waals surface area contributed by atoms with E-state index in [4.69, 9.17) is 9.47 Å². The number of hydrogen-bond acceptors (Lipinski definition) is 6. The van der Waals surface area contributed by atoms with Crippen molar-refractivity contribution in [2.75, 3.05) is 13.2 Å². The maximum atomic E-state index is 13.4. The number of fused-ring (bicyclic) bond motifs is 3. The van der Waals surface area contributed by atoms with Gasteiger partial charge in [0.15, 0.2) is 6.10 Å². The van der Waals surface area contributed by atoms with E-state index in [2.05, 4.69) is 27.7 Å². The van der Waals surface area contributed by atoms with E-state index < -0.39 is 36.2 Å². The van der Waals surface area contributed by atoms with Crippen LogP contribution < -0.4 is 0 Å². The zero-order valence-electron chi connectivity index (χ0n) is 20.2. The minimum Gasteiger partial charge on any atom is -0.461 e. The Labute approximate surface area is 187 Å². The highest BCUT2D eigenvalue weighted by Gasteiger charge is 2.66. The molecule has 6 nitrogen and oxygen atoms in total. The third kappa shape index (κ3) is 4.27. The number of carbonyl (C=O) groups excluding carboxylic acids is 2. The van der Waals surface area contributed by atoms with Crippen molar-refractivity contribution in [1.29, 1.82) is 0 Å². The molecule has 0 aromatic carbocycles. The molecule has 3 saturated carbocycles. The van der Waals surface area contributed by atoms with E-state index >= 15 is 0 Å². The first kappa shape index (κ1) is 24.5. The van der Waals surface area contributed by atoms with Gasteiger partial charge in [0.2, 0.25) is 0 Å². The predicted molar refractivity (Wildman–Crippen MR) is 117 cm³/mol. The smallest absolute Gasteiger partial charge is 0.312 e. The number of ether oxygens (including phenoxy) is 2. The molecule has 6 heteroatoms. The van der Waals surface area contributed by atoms with Gasteiger partial charge in [0.25, 0.3) is 0 Å². The normalized spacial score (nSPS) is 42.6. The van der Waals surface area contributed by atoms with E-state index in [9.17, 15) is 19.8 Å². The summed E-state index contributed by atoms with van der Waals surface area (Å²) in [6, 6.07) is 0. The van der Waals surface area contributed by atoms with Crippen molar-refractivity contribution in [2.45, 2.75) is 98.2 Å². The Morgan fingerprint density at radius 3 is 2.23 bits per heavy atom. The summed E-state index contributed by atoms with van der Waals surface area (Å²) in [6.07, 6.45) is 6.19. The van der Waals surface area contributed by atoms with Crippen LogP contribution in [0.1, 0.15) is 86.5 Å². The van der Waals surface area contributed by atoms with Gasteiger partial charge in [-0.2, -0.15) is 0 Å². The molecule has 0 spiro atoms. The maximum Gasteiger partial charge on any atom is 0.312 e. The van der Waals surface area contributed by atoms with Gasteiger partial charge in [-0.05, 0) is 73.5 Å². The second kappa shape index (κ2) is 8.33. The van der Waals surface area contributed by atoms with Gasteiger partial charge in [0.1, 0.15) is 6.61 Å². The third-order valence-corrected chi connectivity index (χ3v) is 9.24. The van der Waals surface area contributed by atoms with Crippen LogP contribution in [0.15, 0.2) is 0 Å². The van der Waals surface area contributed by atoms with Crippen molar-refractivity contribution in [3.05, 3.63) is 0 Å². The minimum absolute atomic E-state index is 0.148. The van der Waals surface area contributed by atoms with Gasteiger partial charge in [-0.3, -0.25) is 9.59 Å². The molecule has 0 aliphatic heterocycles. The first-order valence-corrected chi connectivity index (χ1v) is 11.9. The fraction of sp³-hybridized carbons (Fsp3) is 0.920. The Morgan fingerprint density at radius 2 is 1.61 bits per heavy atom. The van der Waals surface area contributed by atoms with Gasteiger partial charge in [0, 0.05) is 6.92 Å². The summed E-state index contributed by atoms with van der Waals surface area (Å²) in [5, 5.41) is 20.8. The predicted octanol–water partition coefficient (Wildman–Crippen LogP) is 3.86. The second-order valence-corrected chi connectivity index (χ2v) is 11.9. The zero-order chi connectivity index (χ0) is 23.2. The standard InChI is InChI=1S/C25H42O6/c1-16(27)31-17(14-26)15-30-21(28)20-24(5)12-8-18-22(2,3)10-7-11-23(18,4)19(24)9-13-25(20,6)29/h17-20,26,29H,7-15H2,1-6H3/t17-,18+,19+,20+,23+,24+,25-/m0/s1. The van der Waals surface area contributed by atoms with E-state index in [0.29, 0.717) is 23.7 Å². The molecule has 3 rings (SSSR count). The van der Waals surface area contributed by atoms with Crippen molar-refractivity contribution < 1.29 is 29.3 Å². The van der Waals surface area contributed by atoms with E-state index in [1.807, 2.05) is 0 Å². The summed E-state index contributed by atoms with van der Waals surface area (Å²) in [5.41, 5.74) is -1.06. The topological polar surface area (TPSA) is 93.1 Å². The summed E-state index contributed by atoms with van der Waals surface area (Å²) < 4.78 is 10.6. The average Bonchev–Trinajstić information content (AvgIpc) is 2.62. The van der Waals surface area contributed by atoms with Crippen LogP contribution in [0, 0.1) is 34.0 Å². The molecule has 0 radical (unpaired) electrons. The fourth-order valence-electron chi connectivity index (χ4n) is 8.12. The molecule has 0 aromatic heterocycles. The van der Waals surface area contributed by atoms with Crippen LogP contribution in [-0.4, -0.2) is 47.1 Å². The zero-order valence-corrected chi connectivity index (χ0v) is 20.2. The lowest BCUT2D eigenvalue weighted by molar-refractivity contribution is -0.222. The molecule has 7 atom stereocenters. The monoisotopic (exact) mass is 438 g/mol. The third-order valence-electron chi connectivity index (χ3n) is 9.24. The second-order valence-electron chi connectivity index (χ2n) is 11.9. The Kier molecular flexibility index (Phi) is 6.58. The van der Waals surface area contributed by atoms with Gasteiger partial charge in [-0.1, -0.05) is 34.1 Å². The van der Waals surface area contributed by atoms with Crippen LogP contribution in [-0.2, 0) is 19.1 Å². The van der Waals surface area contributed by atoms with E-state index in [1.165, 1.54) is 26.2 Å². The molecule has 0 unspecified atom stereocenters. The highest BCUT2D eigenvalue weighted by Crippen LogP contribution is 2.69. The van der Waals surface area contributed by atoms with Crippen molar-refractivity contribution in [2.24, 2.45) is 34.0 Å². The highest BCUT2D eigenvalue weighted by molar-refractivity contribution is 5.75. The Balaban J connectivity index is 1.86. The van der Waals surface area contributed by atoms with Gasteiger partial charge in [-0.15, -0.1) is 0 Å². The SMILES string of the molecule is CC(=O)O[C@@H](CO)COC(=O)[C@@H]1[C@]2(C)CC[C@@H]3C(C)(C)CCC[C@@]3(C)[C@H]2CC[C@]1(C)O. The summed E-state index contributed by atoms with van der Waals surface area (Å²) in [6.45, 7) is 11.8. The first-order valence-electron chi connectivity index (χ1n) is 11.9. The first-order chi connectivity index (χ1) is 14.3. The number of esters is 2. The van der Waals surface area contributed by atoms with Crippen molar-refractivity contribution >= 4 is 11.9 Å². The summed E-state index contributed by atoms with van der Waals surface area (Å²) in [5.74, 6) is -0.649. The van der Waals surface area contributed by atoms with E-state index in [-0.39, 0.29) is 17.4 Å². The van der Waals surface area contributed by atoms with Gasteiger partial charge < -0.3 is 19.7 Å². The van der Waals surface area contributed by atoms with Gasteiger partial charge in [0.05, 0.1) is 18.1 Å². The lowest BCUT2D eigenvalue weighted by atomic mass is 9.38. The van der Waals surface area contributed by atoms with Crippen LogP contribution >= 0.6 is 0 Å². The van der Waals surface area contributed by atoms with Crippen LogP contribution in [0.4, 0.5) is 0 Å². The molecule has 0 heterocycles. The van der Waals surface area contributed by atoms with Gasteiger partial charge >= 0.3 is 11.9 Å². The molecular weight excluding hydrogens is 396 g/mol. The number of carbonyl (C=O) groups is 2. The molecule has 0 bridgehead atoms. The molecule has 2 N–H and O–H groups in total. The molecule has 3 aliphatic rings. The molecule has 178 valence electrons. The number of rotatable bonds is 5. The van der Waals surface area contributed by atoms with Crippen LogP contribution in [0.25, 0.3) is 0 Å². The average molecular weight is 439 g/mol. The van der Waals surface area contributed by atoms with E-state index in [0.717, 1.165) is 19.3 Å². The number of hydrogen-bond donors (Lipinski definition) is 2. The quantitative estimate of drug-likeness (QED) is 0.633. The Hall–Kier alpha value is -1.14. The molecule has 3 aliphatic carbocycles. The minimum atomic E-state index is -1.15. The molecule has 0 amide bonds. The molecule has 3 fully saturated rings. The van der Waals surface area contributed by atoms with E-state index in [1.54, 1.807) is 6.92 Å². The van der Waals surface area contributed by atoms with Crippen LogP contribution in [0.3, 0.4) is 0 Å². The molecule has 0 saturated heterocycles. The molecule has 31 heavy (non-hydrogen) atoms. The van der Waals surface area contributed by atoms with Crippen LogP contribution in [0.2, 0.25) is 0 Å². The molecule has 0 aromatic rings. The van der Waals surface area contributed by atoms with Crippen LogP contribution in [0.5, 0.6) is 0 Å². The molecular formula is C25H42O6. The summed E-state index contributed by atoms with van der Waals surface area (Å²) in [4.78, 5) is 24.6. The highest BCUT2D eigenvalue weighted by atomic mass is 16.6. The number of aliphatic hydroxyl groups is 2. The van der Waals surface area contributed by atoms with Crippen molar-refractivity contribution in [3.63, 3.8) is 0 Å². The Morgan fingerprint density at radius 1 is 0.968 bits per heavy atom. The lowest BCUT2D eigenvalue weighted by Gasteiger charge is -2.66. The number of aliphatic hydroxyl groups excluding tert-OH is 1. The lowest BCUT2D eigenvalue weighted by Crippen LogP contribution is -2.64. The van der Waals surface area contributed by atoms with Crippen molar-refractivity contribution in [3.8, 4) is 0 Å².